The Bertz CT molecular complexity index is 668. The molecule has 2 aliphatic carbocycles. The van der Waals surface area contributed by atoms with Crippen molar-refractivity contribution >= 4 is 5.71 Å². The summed E-state index contributed by atoms with van der Waals surface area (Å²) in [7, 11) is 1.79. The maximum absolute atomic E-state index is 10.2. The molecule has 0 radical (unpaired) electrons. The summed E-state index contributed by atoms with van der Waals surface area (Å²) < 4.78 is 6.14. The van der Waals surface area contributed by atoms with E-state index >= 15 is 0 Å². The Kier molecular flexibility index (Phi) is 6.24. The molecule has 150 valence electrons. The highest BCUT2D eigenvalue weighted by atomic mass is 16.6. The Morgan fingerprint density at radius 3 is 2.78 bits per heavy atom. The molecule has 1 aromatic carbocycles. The second kappa shape index (κ2) is 8.29. The van der Waals surface area contributed by atoms with Gasteiger partial charge in [0.1, 0.15) is 24.0 Å². The van der Waals surface area contributed by atoms with Crippen LogP contribution in [0.15, 0.2) is 29.4 Å². The van der Waals surface area contributed by atoms with Gasteiger partial charge in [0.2, 0.25) is 0 Å². The Balaban J connectivity index is 1.78. The molecule has 1 aromatic rings. The van der Waals surface area contributed by atoms with Gasteiger partial charge in [-0.3, -0.25) is 0 Å². The molecular weight excluding hydrogens is 340 g/mol. The van der Waals surface area contributed by atoms with E-state index in [1.807, 2.05) is 6.07 Å². The summed E-state index contributed by atoms with van der Waals surface area (Å²) in [6.07, 6.45) is 5.05. The lowest BCUT2D eigenvalue weighted by atomic mass is 9.83. The smallest absolute Gasteiger partial charge is 0.144 e. The van der Waals surface area contributed by atoms with Crippen molar-refractivity contribution in [2.75, 3.05) is 20.3 Å². The van der Waals surface area contributed by atoms with Gasteiger partial charge < -0.3 is 20.0 Å². The molecule has 5 nitrogen and oxygen atoms in total. The molecular formula is C22H34N2O3. The summed E-state index contributed by atoms with van der Waals surface area (Å²) in [6.45, 7) is 6.86. The van der Waals surface area contributed by atoms with Crippen LogP contribution in [0.4, 0.5) is 0 Å². The van der Waals surface area contributed by atoms with Gasteiger partial charge in [0.05, 0.1) is 0 Å². The number of hydrogen-bond donors (Lipinski definition) is 2. The van der Waals surface area contributed by atoms with Crippen LogP contribution in [-0.2, 0) is 9.57 Å². The number of rotatable bonds is 6. The first kappa shape index (κ1) is 20.3. The molecule has 0 aliphatic heterocycles. The molecule has 0 amide bonds. The zero-order chi connectivity index (χ0) is 19.5. The van der Waals surface area contributed by atoms with Crippen LogP contribution in [0.25, 0.3) is 0 Å². The van der Waals surface area contributed by atoms with E-state index in [0.717, 1.165) is 30.5 Å². The molecule has 3 unspecified atom stereocenters. The molecule has 0 spiro atoms. The van der Waals surface area contributed by atoms with E-state index < -0.39 is 11.7 Å². The second-order valence-corrected chi connectivity index (χ2v) is 8.85. The highest BCUT2D eigenvalue weighted by Gasteiger charge is 2.52. The number of aliphatic hydroxyl groups excluding tert-OH is 1. The second-order valence-electron chi connectivity index (χ2n) is 8.85. The maximum atomic E-state index is 10.2. The van der Waals surface area contributed by atoms with Crippen LogP contribution in [0.2, 0.25) is 0 Å². The lowest BCUT2D eigenvalue weighted by Crippen LogP contribution is -2.42. The molecule has 3 atom stereocenters. The number of methoxy groups -OCH3 is 1. The number of β-amino-alcohol motifs (C(OH)–C–C–N with tert-alkyl or cyclic N) is 1. The van der Waals surface area contributed by atoms with Crippen molar-refractivity contribution in [1.29, 1.82) is 0 Å². The van der Waals surface area contributed by atoms with Gasteiger partial charge in [0.15, 0.2) is 0 Å². The van der Waals surface area contributed by atoms with Crippen molar-refractivity contribution in [2.24, 2.45) is 5.16 Å². The standard InChI is InChI=1S/C22H34N2O3/c1-21(2,3)23-14-16(25)15-27-24-20-18-11-8-7-10-17(18)19-12-6-5-9-13-22(19,20)26-4/h7-8,10-11,16,19,23,25H,5-6,9,12-15H2,1-4H3/b24-20-. The van der Waals surface area contributed by atoms with Crippen LogP contribution >= 0.6 is 0 Å². The van der Waals surface area contributed by atoms with Gasteiger partial charge in [0.25, 0.3) is 0 Å². The number of benzene rings is 1. The molecule has 0 saturated heterocycles. The lowest BCUT2D eigenvalue weighted by molar-refractivity contribution is 0.0121. The maximum Gasteiger partial charge on any atom is 0.144 e. The number of nitrogens with one attached hydrogen (secondary N) is 1. The van der Waals surface area contributed by atoms with E-state index in [-0.39, 0.29) is 12.1 Å². The SMILES string of the molecule is COC12CCCCCC1c1ccccc1/C2=N/OCC(O)CNC(C)(C)C. The summed E-state index contributed by atoms with van der Waals surface area (Å²) in [4.78, 5) is 5.64. The van der Waals surface area contributed by atoms with E-state index in [4.69, 9.17) is 9.57 Å². The van der Waals surface area contributed by atoms with Crippen LogP contribution in [-0.4, -0.2) is 48.3 Å². The van der Waals surface area contributed by atoms with Gasteiger partial charge in [-0.05, 0) is 39.2 Å². The fourth-order valence-corrected chi connectivity index (χ4v) is 4.39. The summed E-state index contributed by atoms with van der Waals surface area (Å²) in [5, 5.41) is 18.0. The largest absolute Gasteiger partial charge is 0.393 e. The summed E-state index contributed by atoms with van der Waals surface area (Å²) >= 11 is 0. The highest BCUT2D eigenvalue weighted by molar-refractivity contribution is 6.11. The van der Waals surface area contributed by atoms with Crippen molar-refractivity contribution < 1.29 is 14.7 Å². The number of ether oxygens (including phenoxy) is 1. The molecule has 27 heavy (non-hydrogen) atoms. The molecule has 5 heteroatoms. The van der Waals surface area contributed by atoms with Crippen LogP contribution in [0.3, 0.4) is 0 Å². The van der Waals surface area contributed by atoms with Crippen molar-refractivity contribution in [3.63, 3.8) is 0 Å². The normalized spacial score (nSPS) is 27.7. The molecule has 1 saturated carbocycles. The number of aliphatic hydroxyl groups is 1. The van der Waals surface area contributed by atoms with Crippen LogP contribution in [0.1, 0.15) is 69.9 Å². The molecule has 2 aliphatic rings. The minimum Gasteiger partial charge on any atom is -0.393 e. The van der Waals surface area contributed by atoms with E-state index in [1.165, 1.54) is 18.4 Å². The van der Waals surface area contributed by atoms with Crippen LogP contribution in [0.5, 0.6) is 0 Å². The summed E-state index contributed by atoms with van der Waals surface area (Å²) in [6, 6.07) is 8.45. The molecule has 0 heterocycles. The topological polar surface area (TPSA) is 63.1 Å². The summed E-state index contributed by atoms with van der Waals surface area (Å²) in [5.41, 5.74) is 2.90. The Morgan fingerprint density at radius 1 is 1.26 bits per heavy atom. The van der Waals surface area contributed by atoms with E-state index in [1.54, 1.807) is 7.11 Å². The average molecular weight is 375 g/mol. The van der Waals surface area contributed by atoms with E-state index in [2.05, 4.69) is 49.4 Å². The number of oxime groups is 1. The number of fused-ring (bicyclic) bond motifs is 3. The van der Waals surface area contributed by atoms with Crippen LogP contribution in [0, 0.1) is 0 Å². The fourth-order valence-electron chi connectivity index (χ4n) is 4.39. The van der Waals surface area contributed by atoms with Crippen molar-refractivity contribution in [3.8, 4) is 0 Å². The first-order chi connectivity index (χ1) is 12.9. The first-order valence-corrected chi connectivity index (χ1v) is 10.2. The van der Waals surface area contributed by atoms with Gasteiger partial charge >= 0.3 is 0 Å². The molecule has 0 bridgehead atoms. The lowest BCUT2D eigenvalue weighted by Gasteiger charge is -2.33. The summed E-state index contributed by atoms with van der Waals surface area (Å²) in [5.74, 6) is 0.330. The Labute approximate surface area is 163 Å². The number of hydrogen-bond acceptors (Lipinski definition) is 5. The predicted octanol–water partition coefficient (Wildman–Crippen LogP) is 3.60. The first-order valence-electron chi connectivity index (χ1n) is 10.2. The van der Waals surface area contributed by atoms with Crippen molar-refractivity contribution in [1.82, 2.24) is 5.32 Å². The Hall–Kier alpha value is -1.43. The predicted molar refractivity (Wildman–Crippen MR) is 108 cm³/mol. The highest BCUT2D eigenvalue weighted by Crippen LogP contribution is 2.50. The van der Waals surface area contributed by atoms with Crippen LogP contribution < -0.4 is 5.32 Å². The fraction of sp³-hybridized carbons (Fsp3) is 0.682. The van der Waals surface area contributed by atoms with Gasteiger partial charge in [-0.25, -0.2) is 0 Å². The zero-order valence-electron chi connectivity index (χ0n) is 17.1. The third kappa shape index (κ3) is 4.36. The van der Waals surface area contributed by atoms with E-state index in [0.29, 0.717) is 12.5 Å². The number of nitrogens with zero attached hydrogens (tertiary/aromatic N) is 1. The quantitative estimate of drug-likeness (QED) is 0.747. The van der Waals surface area contributed by atoms with Gasteiger partial charge in [-0.1, -0.05) is 48.7 Å². The molecule has 1 fully saturated rings. The molecule has 2 N–H and O–H groups in total. The van der Waals surface area contributed by atoms with Gasteiger partial charge in [-0.2, -0.15) is 0 Å². The molecule has 3 rings (SSSR count). The van der Waals surface area contributed by atoms with Gasteiger partial charge in [-0.15, -0.1) is 0 Å². The average Bonchev–Trinajstić information content (AvgIpc) is 2.76. The van der Waals surface area contributed by atoms with Crippen molar-refractivity contribution in [2.45, 2.75) is 76.0 Å². The third-order valence-electron chi connectivity index (χ3n) is 5.75. The zero-order valence-corrected chi connectivity index (χ0v) is 17.1. The molecule has 0 aromatic heterocycles. The van der Waals surface area contributed by atoms with Gasteiger partial charge in [0, 0.05) is 30.7 Å². The monoisotopic (exact) mass is 374 g/mol. The van der Waals surface area contributed by atoms with E-state index in [9.17, 15) is 5.11 Å². The third-order valence-corrected chi connectivity index (χ3v) is 5.75. The Morgan fingerprint density at radius 2 is 2.04 bits per heavy atom. The minimum absolute atomic E-state index is 0.0368. The van der Waals surface area contributed by atoms with Crippen molar-refractivity contribution in [3.05, 3.63) is 35.4 Å². The minimum atomic E-state index is -0.603.